The minimum Gasteiger partial charge on any atom is -0.492 e. The van der Waals surface area contributed by atoms with Gasteiger partial charge in [0.1, 0.15) is 18.2 Å². The number of benzene rings is 3. The highest BCUT2D eigenvalue weighted by Gasteiger charge is 2.25. The second kappa shape index (κ2) is 9.27. The normalized spacial score (nSPS) is 16.3. The van der Waals surface area contributed by atoms with E-state index >= 15 is 0 Å². The number of fused-ring (bicyclic) bond motifs is 1. The quantitative estimate of drug-likeness (QED) is 0.527. The summed E-state index contributed by atoms with van der Waals surface area (Å²) >= 11 is 0. The minimum atomic E-state index is -0.162. The Morgan fingerprint density at radius 1 is 0.938 bits per heavy atom. The van der Waals surface area contributed by atoms with Gasteiger partial charge in [0.05, 0.1) is 13.2 Å². The van der Waals surface area contributed by atoms with Gasteiger partial charge in [-0.3, -0.25) is 4.90 Å². The molecule has 1 aliphatic carbocycles. The van der Waals surface area contributed by atoms with Crippen molar-refractivity contribution in [3.63, 3.8) is 0 Å². The van der Waals surface area contributed by atoms with Crippen LogP contribution in [-0.2, 0) is 11.2 Å². The van der Waals surface area contributed by atoms with Crippen LogP contribution < -0.4 is 4.74 Å². The van der Waals surface area contributed by atoms with Crippen LogP contribution >= 0.6 is 0 Å². The summed E-state index contributed by atoms with van der Waals surface area (Å²) in [7, 11) is 0. The first-order valence-electron chi connectivity index (χ1n) is 11.3. The Labute approximate surface area is 189 Å². The molecule has 0 radical (unpaired) electrons. The Hall–Kier alpha value is -2.95. The van der Waals surface area contributed by atoms with Crippen molar-refractivity contribution in [2.75, 3.05) is 39.5 Å². The van der Waals surface area contributed by atoms with Crippen LogP contribution in [-0.4, -0.2) is 44.4 Å². The van der Waals surface area contributed by atoms with Crippen molar-refractivity contribution in [2.24, 2.45) is 0 Å². The molecule has 1 fully saturated rings. The van der Waals surface area contributed by atoms with Crippen molar-refractivity contribution in [1.82, 2.24) is 4.90 Å². The molecule has 5 rings (SSSR count). The maximum absolute atomic E-state index is 14.4. The first kappa shape index (κ1) is 20.9. The van der Waals surface area contributed by atoms with Gasteiger partial charge in [0.25, 0.3) is 0 Å². The molecule has 0 saturated carbocycles. The van der Waals surface area contributed by atoms with E-state index in [1.165, 1.54) is 16.7 Å². The molecule has 0 amide bonds. The molecule has 4 heteroatoms. The zero-order chi connectivity index (χ0) is 21.9. The van der Waals surface area contributed by atoms with Gasteiger partial charge in [-0.05, 0) is 70.5 Å². The Bertz CT molecular complexity index is 1130. The average Bonchev–Trinajstić information content (AvgIpc) is 3.21. The lowest BCUT2D eigenvalue weighted by Gasteiger charge is -2.26. The minimum absolute atomic E-state index is 0.162. The topological polar surface area (TPSA) is 21.7 Å². The van der Waals surface area contributed by atoms with Gasteiger partial charge in [-0.1, -0.05) is 48.5 Å². The molecule has 0 bridgehead atoms. The Morgan fingerprint density at radius 3 is 2.53 bits per heavy atom. The van der Waals surface area contributed by atoms with Crippen molar-refractivity contribution in [1.29, 1.82) is 0 Å². The fourth-order valence-corrected chi connectivity index (χ4v) is 4.55. The van der Waals surface area contributed by atoms with Crippen LogP contribution in [0, 0.1) is 12.7 Å². The number of hydrogen-bond donors (Lipinski definition) is 0. The third-order valence-corrected chi connectivity index (χ3v) is 6.38. The van der Waals surface area contributed by atoms with E-state index in [9.17, 15) is 4.39 Å². The van der Waals surface area contributed by atoms with Crippen LogP contribution in [0.3, 0.4) is 0 Å². The molecule has 32 heavy (non-hydrogen) atoms. The SMILES string of the molecule is Cc1ccc(C2=C(c3ccccc3)c3cc(OCCN4CCOCC4)ccc3C2)cc1F. The van der Waals surface area contributed by atoms with Gasteiger partial charge in [-0.2, -0.15) is 0 Å². The molecule has 0 N–H and O–H groups in total. The molecule has 0 spiro atoms. The van der Waals surface area contributed by atoms with Crippen LogP contribution in [0.15, 0.2) is 66.7 Å². The summed E-state index contributed by atoms with van der Waals surface area (Å²) in [6.07, 6.45) is 0.788. The highest BCUT2D eigenvalue weighted by molar-refractivity contribution is 6.04. The lowest BCUT2D eigenvalue weighted by Crippen LogP contribution is -2.38. The zero-order valence-corrected chi connectivity index (χ0v) is 18.4. The van der Waals surface area contributed by atoms with Crippen LogP contribution in [0.4, 0.5) is 4.39 Å². The lowest BCUT2D eigenvalue weighted by atomic mass is 9.94. The van der Waals surface area contributed by atoms with E-state index < -0.39 is 0 Å². The predicted molar refractivity (Wildman–Crippen MR) is 126 cm³/mol. The molecular weight excluding hydrogens is 401 g/mol. The molecule has 1 aliphatic heterocycles. The number of halogens is 1. The highest BCUT2D eigenvalue weighted by Crippen LogP contribution is 2.43. The van der Waals surface area contributed by atoms with E-state index in [0.29, 0.717) is 12.2 Å². The molecule has 3 aromatic rings. The lowest BCUT2D eigenvalue weighted by molar-refractivity contribution is 0.0322. The number of morpholine rings is 1. The van der Waals surface area contributed by atoms with Crippen LogP contribution in [0.25, 0.3) is 11.1 Å². The number of allylic oxidation sites excluding steroid dienone is 1. The third kappa shape index (κ3) is 4.34. The number of ether oxygens (including phenoxy) is 2. The molecule has 3 aromatic carbocycles. The van der Waals surface area contributed by atoms with Crippen LogP contribution in [0.2, 0.25) is 0 Å². The van der Waals surface area contributed by atoms with Gasteiger partial charge in [-0.25, -0.2) is 4.39 Å². The van der Waals surface area contributed by atoms with Crippen molar-refractivity contribution >= 4 is 11.1 Å². The van der Waals surface area contributed by atoms with E-state index in [-0.39, 0.29) is 5.82 Å². The molecule has 0 unspecified atom stereocenters. The van der Waals surface area contributed by atoms with Crippen molar-refractivity contribution in [2.45, 2.75) is 13.3 Å². The van der Waals surface area contributed by atoms with Crippen molar-refractivity contribution in [3.8, 4) is 5.75 Å². The fourth-order valence-electron chi connectivity index (χ4n) is 4.55. The molecule has 2 aliphatic rings. The van der Waals surface area contributed by atoms with Gasteiger partial charge in [-0.15, -0.1) is 0 Å². The number of rotatable bonds is 6. The van der Waals surface area contributed by atoms with Crippen molar-refractivity contribution in [3.05, 3.63) is 100 Å². The standard InChI is InChI=1S/C28H28FNO2/c1-20-7-8-23(18-27(20)29)25-17-22-9-10-24(32-16-13-30-11-14-31-15-12-30)19-26(22)28(25)21-5-3-2-4-6-21/h2-10,18-19H,11-17H2,1H3. The van der Waals surface area contributed by atoms with Gasteiger partial charge >= 0.3 is 0 Å². The summed E-state index contributed by atoms with van der Waals surface area (Å²) in [6, 6.07) is 22.3. The smallest absolute Gasteiger partial charge is 0.126 e. The maximum atomic E-state index is 14.4. The molecule has 3 nitrogen and oxygen atoms in total. The average molecular weight is 430 g/mol. The molecule has 1 saturated heterocycles. The summed E-state index contributed by atoms with van der Waals surface area (Å²) < 4.78 is 25.9. The number of aryl methyl sites for hydroxylation is 1. The summed E-state index contributed by atoms with van der Waals surface area (Å²) in [5.74, 6) is 0.715. The monoisotopic (exact) mass is 429 g/mol. The molecule has 1 heterocycles. The largest absolute Gasteiger partial charge is 0.492 e. The summed E-state index contributed by atoms with van der Waals surface area (Å²) in [4.78, 5) is 2.37. The Kier molecular flexibility index (Phi) is 6.06. The Morgan fingerprint density at radius 2 is 1.75 bits per heavy atom. The number of hydrogen-bond acceptors (Lipinski definition) is 3. The summed E-state index contributed by atoms with van der Waals surface area (Å²) in [5, 5.41) is 0. The molecule has 0 atom stereocenters. The zero-order valence-electron chi connectivity index (χ0n) is 18.4. The fraction of sp³-hybridized carbons (Fsp3) is 0.286. The summed E-state index contributed by atoms with van der Waals surface area (Å²) in [6.45, 7) is 6.87. The second-order valence-corrected chi connectivity index (χ2v) is 8.48. The first-order valence-corrected chi connectivity index (χ1v) is 11.3. The van der Waals surface area contributed by atoms with Crippen LogP contribution in [0.5, 0.6) is 5.75 Å². The van der Waals surface area contributed by atoms with Crippen LogP contribution in [0.1, 0.15) is 27.8 Å². The van der Waals surface area contributed by atoms with Gasteiger partial charge in [0.2, 0.25) is 0 Å². The highest BCUT2D eigenvalue weighted by atomic mass is 19.1. The molecular formula is C28H28FNO2. The molecule has 0 aromatic heterocycles. The predicted octanol–water partition coefficient (Wildman–Crippen LogP) is 5.36. The van der Waals surface area contributed by atoms with Gasteiger partial charge in [0.15, 0.2) is 0 Å². The van der Waals surface area contributed by atoms with E-state index in [4.69, 9.17) is 9.47 Å². The summed E-state index contributed by atoms with van der Waals surface area (Å²) in [5.41, 5.74) is 7.52. The number of nitrogens with zero attached hydrogens (tertiary/aromatic N) is 1. The van der Waals surface area contributed by atoms with E-state index in [1.807, 2.05) is 18.2 Å². The van der Waals surface area contributed by atoms with Crippen molar-refractivity contribution < 1.29 is 13.9 Å². The Balaban J connectivity index is 1.45. The van der Waals surface area contributed by atoms with Gasteiger partial charge in [0, 0.05) is 19.6 Å². The molecule has 164 valence electrons. The van der Waals surface area contributed by atoms with E-state index in [0.717, 1.165) is 61.7 Å². The van der Waals surface area contributed by atoms with E-state index in [1.54, 1.807) is 13.0 Å². The second-order valence-electron chi connectivity index (χ2n) is 8.48. The van der Waals surface area contributed by atoms with E-state index in [2.05, 4.69) is 47.4 Å². The first-order chi connectivity index (χ1) is 15.7. The third-order valence-electron chi connectivity index (χ3n) is 6.38. The maximum Gasteiger partial charge on any atom is 0.126 e. The van der Waals surface area contributed by atoms with Gasteiger partial charge < -0.3 is 9.47 Å².